The van der Waals surface area contributed by atoms with Crippen LogP contribution in [0, 0.1) is 0 Å². The topological polar surface area (TPSA) is 67.4 Å². The van der Waals surface area contributed by atoms with Crippen LogP contribution in [0.25, 0.3) is 0 Å². The van der Waals surface area contributed by atoms with Gasteiger partial charge in [-0.15, -0.1) is 11.3 Å². The van der Waals surface area contributed by atoms with Crippen LogP contribution in [0.5, 0.6) is 0 Å². The van der Waals surface area contributed by atoms with Crippen LogP contribution in [0.4, 0.5) is 0 Å². The maximum absolute atomic E-state index is 12.9. The van der Waals surface area contributed by atoms with Gasteiger partial charge in [0.25, 0.3) is 0 Å². The van der Waals surface area contributed by atoms with Crippen LogP contribution in [0.1, 0.15) is 35.7 Å². The van der Waals surface area contributed by atoms with Crippen LogP contribution in [0.2, 0.25) is 0 Å². The van der Waals surface area contributed by atoms with Crippen molar-refractivity contribution in [1.82, 2.24) is 20.2 Å². The highest BCUT2D eigenvalue weighted by atomic mass is 32.1. The third-order valence-electron chi connectivity index (χ3n) is 4.17. The molecule has 6 nitrogen and oxygen atoms in total. The maximum atomic E-state index is 12.9. The van der Waals surface area contributed by atoms with Crippen molar-refractivity contribution < 1.29 is 9.53 Å². The molecule has 0 spiro atoms. The molecule has 2 aromatic heterocycles. The molecule has 7 heteroatoms. The van der Waals surface area contributed by atoms with Gasteiger partial charge in [0.2, 0.25) is 5.91 Å². The molecule has 0 unspecified atom stereocenters. The first-order valence-electron chi connectivity index (χ1n) is 8.70. The molecule has 2 aromatic rings. The molecule has 3 heterocycles. The van der Waals surface area contributed by atoms with Crippen LogP contribution in [-0.4, -0.2) is 47.1 Å². The number of rotatable bonds is 7. The Morgan fingerprint density at radius 2 is 2.28 bits per heavy atom. The molecule has 1 N–H and O–H groups in total. The summed E-state index contributed by atoms with van der Waals surface area (Å²) in [6.07, 6.45) is 5.56. The molecular weight excluding hydrogens is 336 g/mol. The van der Waals surface area contributed by atoms with E-state index < -0.39 is 0 Å². The van der Waals surface area contributed by atoms with Crippen molar-refractivity contribution in [2.75, 3.05) is 26.3 Å². The summed E-state index contributed by atoms with van der Waals surface area (Å²) in [5.41, 5.74) is 1.83. The van der Waals surface area contributed by atoms with E-state index in [2.05, 4.69) is 27.1 Å². The molecule has 1 fully saturated rings. The molecule has 3 rings (SSSR count). The van der Waals surface area contributed by atoms with Crippen LogP contribution < -0.4 is 5.32 Å². The van der Waals surface area contributed by atoms with Crippen molar-refractivity contribution in [1.29, 1.82) is 0 Å². The van der Waals surface area contributed by atoms with E-state index in [-0.39, 0.29) is 11.9 Å². The third kappa shape index (κ3) is 4.84. The smallest absolute Gasteiger partial charge is 0.242 e. The average Bonchev–Trinajstić information content (AvgIpc) is 3.10. The molecular formula is C18H24N4O2S. The fourth-order valence-corrected chi connectivity index (χ4v) is 3.83. The first-order chi connectivity index (χ1) is 12.3. The minimum atomic E-state index is -0.341. The lowest BCUT2D eigenvalue weighted by Gasteiger charge is -2.33. The number of hydrogen-bond acceptors (Lipinski definition) is 6. The van der Waals surface area contributed by atoms with E-state index in [4.69, 9.17) is 4.74 Å². The number of amides is 1. The molecule has 0 aliphatic carbocycles. The highest BCUT2D eigenvalue weighted by Crippen LogP contribution is 2.21. The Labute approximate surface area is 152 Å². The monoisotopic (exact) mass is 360 g/mol. The van der Waals surface area contributed by atoms with E-state index in [0.29, 0.717) is 19.8 Å². The molecule has 0 bridgehead atoms. The summed E-state index contributed by atoms with van der Waals surface area (Å²) in [4.78, 5) is 23.8. The van der Waals surface area contributed by atoms with Gasteiger partial charge in [-0.25, -0.2) is 4.98 Å². The predicted octanol–water partition coefficient (Wildman–Crippen LogP) is 2.18. The number of ether oxygens (including phenoxy) is 1. The number of carbonyl (C=O) groups is 1. The predicted molar refractivity (Wildman–Crippen MR) is 97.3 cm³/mol. The summed E-state index contributed by atoms with van der Waals surface area (Å²) >= 11 is 1.66. The van der Waals surface area contributed by atoms with Gasteiger partial charge in [0, 0.05) is 30.9 Å². The molecule has 1 aliphatic heterocycles. The number of hydrogen-bond donors (Lipinski definition) is 1. The Morgan fingerprint density at radius 3 is 3.00 bits per heavy atom. The number of pyridine rings is 1. The van der Waals surface area contributed by atoms with Crippen LogP contribution in [0.15, 0.2) is 29.9 Å². The molecule has 0 aromatic carbocycles. The molecule has 1 saturated heterocycles. The standard InChI is InChI=1S/C18H24N4O2S/c1-2-4-16-21-15(13-25-16)12-20-18(23)17(14-5-3-6-19-11-14)22-7-9-24-10-8-22/h3,5-6,11,13,17H,2,4,7-10,12H2,1H3,(H,20,23)/t17-/m1/s1. The Hall–Kier alpha value is -1.83. The van der Waals surface area contributed by atoms with Crippen LogP contribution >= 0.6 is 11.3 Å². The first-order valence-corrected chi connectivity index (χ1v) is 9.58. The van der Waals surface area contributed by atoms with E-state index in [0.717, 1.165) is 42.2 Å². The number of nitrogens with zero attached hydrogens (tertiary/aromatic N) is 3. The maximum Gasteiger partial charge on any atom is 0.242 e. The van der Waals surface area contributed by atoms with Gasteiger partial charge in [0.1, 0.15) is 6.04 Å². The van der Waals surface area contributed by atoms with Crippen molar-refractivity contribution in [3.05, 3.63) is 46.2 Å². The van der Waals surface area contributed by atoms with Gasteiger partial charge in [-0.2, -0.15) is 0 Å². The van der Waals surface area contributed by atoms with Crippen molar-refractivity contribution in [2.45, 2.75) is 32.4 Å². The van der Waals surface area contributed by atoms with Gasteiger partial charge in [0.15, 0.2) is 0 Å². The Balaban J connectivity index is 1.67. The fraction of sp³-hybridized carbons (Fsp3) is 0.500. The zero-order chi connectivity index (χ0) is 17.5. The lowest BCUT2D eigenvalue weighted by molar-refractivity contribution is -0.128. The number of morpholine rings is 1. The van der Waals surface area contributed by atoms with Gasteiger partial charge < -0.3 is 10.1 Å². The number of aromatic nitrogens is 2. The molecule has 0 radical (unpaired) electrons. The van der Waals surface area contributed by atoms with E-state index in [1.54, 1.807) is 23.7 Å². The second-order valence-corrected chi connectivity index (χ2v) is 6.98. The van der Waals surface area contributed by atoms with Gasteiger partial charge in [-0.05, 0) is 24.5 Å². The summed E-state index contributed by atoms with van der Waals surface area (Å²) in [6.45, 7) is 5.38. The molecule has 1 atom stereocenters. The van der Waals surface area contributed by atoms with Crippen LogP contribution in [0.3, 0.4) is 0 Å². The fourth-order valence-electron chi connectivity index (χ4n) is 2.93. The van der Waals surface area contributed by atoms with Gasteiger partial charge in [-0.1, -0.05) is 13.0 Å². The summed E-state index contributed by atoms with van der Waals surface area (Å²) in [7, 11) is 0. The Bertz CT molecular complexity index is 671. The van der Waals surface area contributed by atoms with Crippen LogP contribution in [-0.2, 0) is 22.5 Å². The number of aryl methyl sites for hydroxylation is 1. The minimum Gasteiger partial charge on any atom is -0.379 e. The average molecular weight is 360 g/mol. The van der Waals surface area contributed by atoms with Gasteiger partial charge in [-0.3, -0.25) is 14.7 Å². The quantitative estimate of drug-likeness (QED) is 0.820. The Kier molecular flexibility index (Phi) is 6.49. The SMILES string of the molecule is CCCc1nc(CNC(=O)[C@@H](c2cccnc2)N2CCOCC2)cs1. The van der Waals surface area contributed by atoms with E-state index in [1.807, 2.05) is 17.5 Å². The van der Waals surface area contributed by atoms with Gasteiger partial charge >= 0.3 is 0 Å². The zero-order valence-electron chi connectivity index (χ0n) is 14.5. The largest absolute Gasteiger partial charge is 0.379 e. The third-order valence-corrected chi connectivity index (χ3v) is 5.12. The molecule has 1 aliphatic rings. The second kappa shape index (κ2) is 9.03. The van der Waals surface area contributed by atoms with Crippen molar-refractivity contribution in [3.63, 3.8) is 0 Å². The summed E-state index contributed by atoms with van der Waals surface area (Å²) < 4.78 is 5.42. The summed E-state index contributed by atoms with van der Waals surface area (Å²) in [5.74, 6) is -0.0139. The lowest BCUT2D eigenvalue weighted by Crippen LogP contribution is -2.45. The zero-order valence-corrected chi connectivity index (χ0v) is 15.3. The number of thiazole rings is 1. The van der Waals surface area contributed by atoms with E-state index in [1.165, 1.54) is 0 Å². The van der Waals surface area contributed by atoms with E-state index in [9.17, 15) is 4.79 Å². The Morgan fingerprint density at radius 1 is 1.44 bits per heavy atom. The second-order valence-electron chi connectivity index (χ2n) is 6.04. The highest BCUT2D eigenvalue weighted by Gasteiger charge is 2.29. The number of nitrogens with one attached hydrogen (secondary N) is 1. The van der Waals surface area contributed by atoms with Crippen molar-refractivity contribution >= 4 is 17.2 Å². The van der Waals surface area contributed by atoms with Gasteiger partial charge in [0.05, 0.1) is 30.5 Å². The molecule has 25 heavy (non-hydrogen) atoms. The molecule has 134 valence electrons. The minimum absolute atomic E-state index is 0.0139. The summed E-state index contributed by atoms with van der Waals surface area (Å²) in [5, 5.41) is 6.20. The molecule has 1 amide bonds. The lowest BCUT2D eigenvalue weighted by atomic mass is 10.1. The first kappa shape index (κ1) is 18.0. The van der Waals surface area contributed by atoms with Crippen molar-refractivity contribution in [2.24, 2.45) is 0 Å². The number of carbonyl (C=O) groups excluding carboxylic acids is 1. The normalized spacial score (nSPS) is 16.5. The van der Waals surface area contributed by atoms with E-state index >= 15 is 0 Å². The molecule has 0 saturated carbocycles. The summed E-state index contributed by atoms with van der Waals surface area (Å²) in [6, 6.07) is 3.48. The van der Waals surface area contributed by atoms with Crippen molar-refractivity contribution in [3.8, 4) is 0 Å². The highest BCUT2D eigenvalue weighted by molar-refractivity contribution is 7.09.